The highest BCUT2D eigenvalue weighted by molar-refractivity contribution is 7.98. The molecule has 92 valence electrons. The fraction of sp³-hybridized carbons (Fsp3) is 0.667. The quantitative estimate of drug-likeness (QED) is 0.710. The molecule has 1 heterocycles. The van der Waals surface area contributed by atoms with Crippen LogP contribution < -0.4 is 5.73 Å². The number of hydrogen-bond donors (Lipinski definition) is 1. The molecule has 0 saturated carbocycles. The van der Waals surface area contributed by atoms with Crippen LogP contribution >= 0.6 is 11.8 Å². The zero-order valence-corrected chi connectivity index (χ0v) is 11.0. The van der Waals surface area contributed by atoms with Gasteiger partial charge >= 0.3 is 0 Å². The molecule has 0 amide bonds. The van der Waals surface area contributed by atoms with Crippen molar-refractivity contribution in [2.24, 2.45) is 5.73 Å². The summed E-state index contributed by atoms with van der Waals surface area (Å²) in [7, 11) is 2.11. The summed E-state index contributed by atoms with van der Waals surface area (Å²) in [5.74, 6) is 2.22. The first-order valence-corrected chi connectivity index (χ1v) is 7.09. The van der Waals surface area contributed by atoms with Crippen LogP contribution in [-0.4, -0.2) is 36.5 Å². The van der Waals surface area contributed by atoms with Crippen LogP contribution in [0.25, 0.3) is 0 Å². The highest BCUT2D eigenvalue weighted by atomic mass is 32.2. The van der Waals surface area contributed by atoms with Crippen molar-refractivity contribution in [3.63, 3.8) is 0 Å². The third-order valence-corrected chi connectivity index (χ3v) is 3.46. The van der Waals surface area contributed by atoms with Crippen LogP contribution in [0.4, 0.5) is 0 Å². The van der Waals surface area contributed by atoms with E-state index in [1.165, 1.54) is 12.2 Å². The minimum absolute atomic E-state index is 0.456. The maximum Gasteiger partial charge on any atom is 0.117 e. The average molecular weight is 242 g/mol. The Labute approximate surface area is 102 Å². The summed E-state index contributed by atoms with van der Waals surface area (Å²) >= 11 is 1.89. The number of hydrogen-bond acceptors (Lipinski definition) is 4. The van der Waals surface area contributed by atoms with Gasteiger partial charge in [-0.25, -0.2) is 0 Å². The van der Waals surface area contributed by atoms with Crippen molar-refractivity contribution in [2.45, 2.75) is 25.4 Å². The van der Waals surface area contributed by atoms with Crippen LogP contribution in [0.5, 0.6) is 0 Å². The lowest BCUT2D eigenvalue weighted by Crippen LogP contribution is -2.37. The monoisotopic (exact) mass is 242 g/mol. The fourth-order valence-corrected chi connectivity index (χ4v) is 2.21. The lowest BCUT2D eigenvalue weighted by atomic mass is 10.1. The van der Waals surface area contributed by atoms with E-state index in [9.17, 15) is 0 Å². The molecular formula is C12H22N2OS. The third-order valence-electron chi connectivity index (χ3n) is 2.77. The topological polar surface area (TPSA) is 42.4 Å². The Morgan fingerprint density at radius 2 is 2.38 bits per heavy atom. The average Bonchev–Trinajstić information content (AvgIpc) is 2.77. The minimum atomic E-state index is 0.456. The van der Waals surface area contributed by atoms with Crippen LogP contribution in [0.2, 0.25) is 0 Å². The summed E-state index contributed by atoms with van der Waals surface area (Å²) in [5, 5.41) is 0. The van der Waals surface area contributed by atoms with Crippen molar-refractivity contribution >= 4 is 11.8 Å². The maximum absolute atomic E-state index is 5.81. The molecule has 0 aliphatic carbocycles. The molecule has 16 heavy (non-hydrogen) atoms. The maximum atomic E-state index is 5.81. The molecule has 0 radical (unpaired) electrons. The van der Waals surface area contributed by atoms with E-state index in [-0.39, 0.29) is 0 Å². The summed E-state index contributed by atoms with van der Waals surface area (Å²) in [5.41, 5.74) is 5.81. The molecule has 0 bridgehead atoms. The van der Waals surface area contributed by atoms with Crippen LogP contribution in [-0.2, 0) is 6.54 Å². The first kappa shape index (κ1) is 13.6. The second kappa shape index (κ2) is 7.76. The molecule has 0 spiro atoms. The number of rotatable bonds is 8. The van der Waals surface area contributed by atoms with Gasteiger partial charge in [-0.15, -0.1) is 0 Å². The molecule has 1 unspecified atom stereocenters. The molecule has 4 heteroatoms. The predicted octanol–water partition coefficient (Wildman–Crippen LogP) is 2.18. The van der Waals surface area contributed by atoms with Gasteiger partial charge in [0, 0.05) is 12.6 Å². The standard InChI is InChI=1S/C12H22N2OS/c1-14(10-12-6-3-7-15-12)11(9-13)5-4-8-16-2/h3,6-7,11H,4-5,8-10,13H2,1-2H3. The van der Waals surface area contributed by atoms with Crippen molar-refractivity contribution in [1.82, 2.24) is 4.90 Å². The fourth-order valence-electron chi connectivity index (χ4n) is 1.76. The Hall–Kier alpha value is -0.450. The van der Waals surface area contributed by atoms with E-state index >= 15 is 0 Å². The number of thioether (sulfide) groups is 1. The van der Waals surface area contributed by atoms with Crippen molar-refractivity contribution < 1.29 is 4.42 Å². The number of furan rings is 1. The van der Waals surface area contributed by atoms with Gasteiger partial charge in [0.25, 0.3) is 0 Å². The summed E-state index contributed by atoms with van der Waals surface area (Å²) in [6.07, 6.45) is 6.25. The van der Waals surface area contributed by atoms with Crippen molar-refractivity contribution in [1.29, 1.82) is 0 Å². The summed E-state index contributed by atoms with van der Waals surface area (Å²) in [6.45, 7) is 1.56. The van der Waals surface area contributed by atoms with Crippen LogP contribution in [0.3, 0.4) is 0 Å². The zero-order valence-electron chi connectivity index (χ0n) is 10.2. The summed E-state index contributed by atoms with van der Waals surface area (Å²) in [6, 6.07) is 4.39. The zero-order chi connectivity index (χ0) is 11.8. The summed E-state index contributed by atoms with van der Waals surface area (Å²) in [4.78, 5) is 2.28. The number of likely N-dealkylation sites (N-methyl/N-ethyl adjacent to an activating group) is 1. The SMILES string of the molecule is CSCCCC(CN)N(C)Cc1ccco1. The van der Waals surface area contributed by atoms with Gasteiger partial charge in [0.1, 0.15) is 5.76 Å². The predicted molar refractivity (Wildman–Crippen MR) is 70.6 cm³/mol. The third kappa shape index (κ3) is 4.60. The first-order chi connectivity index (χ1) is 7.77. The van der Waals surface area contributed by atoms with E-state index in [1.807, 2.05) is 23.9 Å². The lowest BCUT2D eigenvalue weighted by Gasteiger charge is -2.26. The van der Waals surface area contributed by atoms with Gasteiger partial charge in [-0.05, 0) is 44.0 Å². The molecule has 1 aromatic heterocycles. The second-order valence-corrected chi connectivity index (χ2v) is 5.00. The molecule has 1 atom stereocenters. The molecule has 3 nitrogen and oxygen atoms in total. The smallest absolute Gasteiger partial charge is 0.117 e. The van der Waals surface area contributed by atoms with Crippen molar-refractivity contribution in [3.8, 4) is 0 Å². The Balaban J connectivity index is 2.33. The van der Waals surface area contributed by atoms with Gasteiger partial charge in [-0.1, -0.05) is 0 Å². The van der Waals surface area contributed by atoms with Gasteiger partial charge in [0.2, 0.25) is 0 Å². The van der Waals surface area contributed by atoms with Crippen LogP contribution in [0.1, 0.15) is 18.6 Å². The van der Waals surface area contributed by atoms with Gasteiger partial charge in [-0.3, -0.25) is 4.90 Å². The normalized spacial score (nSPS) is 13.2. The summed E-state index contributed by atoms with van der Waals surface area (Å²) < 4.78 is 5.34. The van der Waals surface area contributed by atoms with E-state index in [2.05, 4.69) is 18.2 Å². The van der Waals surface area contributed by atoms with Crippen LogP contribution in [0, 0.1) is 0 Å². The molecule has 0 fully saturated rings. The van der Waals surface area contributed by atoms with E-state index in [1.54, 1.807) is 6.26 Å². The molecule has 0 aliphatic rings. The van der Waals surface area contributed by atoms with E-state index < -0.39 is 0 Å². The Morgan fingerprint density at radius 3 is 2.94 bits per heavy atom. The van der Waals surface area contributed by atoms with Crippen molar-refractivity contribution in [3.05, 3.63) is 24.2 Å². The van der Waals surface area contributed by atoms with E-state index in [0.29, 0.717) is 12.6 Å². The number of nitrogens with zero attached hydrogens (tertiary/aromatic N) is 1. The Bertz CT molecular complexity index is 264. The van der Waals surface area contributed by atoms with E-state index in [0.717, 1.165) is 18.7 Å². The highest BCUT2D eigenvalue weighted by Gasteiger charge is 2.13. The molecule has 0 aromatic carbocycles. The van der Waals surface area contributed by atoms with Gasteiger partial charge in [-0.2, -0.15) is 11.8 Å². The lowest BCUT2D eigenvalue weighted by molar-refractivity contribution is 0.210. The molecule has 1 rings (SSSR count). The van der Waals surface area contributed by atoms with Gasteiger partial charge in [0.05, 0.1) is 12.8 Å². The first-order valence-electron chi connectivity index (χ1n) is 5.69. The Kier molecular flexibility index (Phi) is 6.61. The molecule has 1 aromatic rings. The largest absolute Gasteiger partial charge is 0.468 e. The molecule has 2 N–H and O–H groups in total. The van der Waals surface area contributed by atoms with Gasteiger partial charge < -0.3 is 10.2 Å². The van der Waals surface area contributed by atoms with Crippen LogP contribution in [0.15, 0.2) is 22.8 Å². The Morgan fingerprint density at radius 1 is 1.56 bits per heavy atom. The van der Waals surface area contributed by atoms with Gasteiger partial charge in [0.15, 0.2) is 0 Å². The van der Waals surface area contributed by atoms with Crippen molar-refractivity contribution in [2.75, 3.05) is 25.6 Å². The molecular weight excluding hydrogens is 220 g/mol. The molecule has 0 saturated heterocycles. The van der Waals surface area contributed by atoms with E-state index in [4.69, 9.17) is 10.2 Å². The molecule has 0 aliphatic heterocycles. The minimum Gasteiger partial charge on any atom is -0.468 e. The second-order valence-electron chi connectivity index (χ2n) is 4.02. The number of nitrogens with two attached hydrogens (primary N) is 1. The highest BCUT2D eigenvalue weighted by Crippen LogP contribution is 2.11.